The van der Waals surface area contributed by atoms with Gasteiger partial charge < -0.3 is 4.90 Å². The third kappa shape index (κ3) is 5.06. The maximum atomic E-state index is 14.0. The molecule has 0 N–H and O–H groups in total. The summed E-state index contributed by atoms with van der Waals surface area (Å²) in [7, 11) is 3.52. The molecule has 1 amide bonds. The van der Waals surface area contributed by atoms with Gasteiger partial charge in [0.1, 0.15) is 5.82 Å². The number of piperazine rings is 1. The Hall–Kier alpha value is -1.95. The number of halogens is 2. The lowest BCUT2D eigenvalue weighted by atomic mass is 10.1. The molecule has 2 aromatic carbocycles. The Kier molecular flexibility index (Phi) is 6.47. The number of benzene rings is 2. The van der Waals surface area contributed by atoms with E-state index in [0.29, 0.717) is 22.7 Å². The van der Waals surface area contributed by atoms with Crippen molar-refractivity contribution < 1.29 is 9.18 Å². The van der Waals surface area contributed by atoms with Gasteiger partial charge in [-0.3, -0.25) is 14.6 Å². The van der Waals surface area contributed by atoms with E-state index in [1.165, 1.54) is 6.07 Å². The maximum Gasteiger partial charge on any atom is 0.253 e. The fourth-order valence-electron chi connectivity index (χ4n) is 3.33. The highest BCUT2D eigenvalue weighted by Crippen LogP contribution is 2.21. The Morgan fingerprint density at radius 3 is 2.30 bits per heavy atom. The second-order valence-corrected chi connectivity index (χ2v) is 7.56. The van der Waals surface area contributed by atoms with Crippen molar-refractivity contribution in [3.63, 3.8) is 0 Å². The van der Waals surface area contributed by atoms with Crippen LogP contribution in [0, 0.1) is 5.82 Å². The number of hydrogen-bond donors (Lipinski definition) is 0. The van der Waals surface area contributed by atoms with E-state index in [9.17, 15) is 9.18 Å². The van der Waals surface area contributed by atoms with Crippen LogP contribution in [0.15, 0.2) is 42.5 Å². The summed E-state index contributed by atoms with van der Waals surface area (Å²) in [6.45, 7) is 4.87. The first kappa shape index (κ1) is 19.8. The largest absolute Gasteiger partial charge is 0.345 e. The topological polar surface area (TPSA) is 26.8 Å². The molecule has 3 rings (SSSR count). The van der Waals surface area contributed by atoms with Gasteiger partial charge in [-0.25, -0.2) is 4.39 Å². The van der Waals surface area contributed by atoms with Gasteiger partial charge in [0.15, 0.2) is 0 Å². The minimum absolute atomic E-state index is 0.0171. The molecule has 0 unspecified atom stereocenters. The Labute approximate surface area is 165 Å². The highest BCUT2D eigenvalue weighted by molar-refractivity contribution is 6.31. The summed E-state index contributed by atoms with van der Waals surface area (Å²) in [6.07, 6.45) is 0. The van der Waals surface area contributed by atoms with E-state index in [-0.39, 0.29) is 11.7 Å². The van der Waals surface area contributed by atoms with Gasteiger partial charge in [-0.2, -0.15) is 0 Å². The second kappa shape index (κ2) is 8.83. The highest BCUT2D eigenvalue weighted by Gasteiger charge is 2.19. The molecular formula is C21H25ClFN3O. The zero-order chi connectivity index (χ0) is 19.4. The first-order chi connectivity index (χ1) is 12.9. The van der Waals surface area contributed by atoms with E-state index >= 15 is 0 Å². The van der Waals surface area contributed by atoms with Crippen molar-refractivity contribution in [2.45, 2.75) is 13.1 Å². The van der Waals surface area contributed by atoms with Gasteiger partial charge in [-0.15, -0.1) is 0 Å². The maximum absolute atomic E-state index is 14.0. The molecule has 0 spiro atoms. The predicted octanol–water partition coefficient (Wildman–Crippen LogP) is 3.50. The Bertz CT molecular complexity index is 784. The van der Waals surface area contributed by atoms with E-state index in [1.54, 1.807) is 31.1 Å². The Morgan fingerprint density at radius 1 is 1.04 bits per heavy atom. The molecular weight excluding hydrogens is 365 g/mol. The molecule has 27 heavy (non-hydrogen) atoms. The molecule has 1 heterocycles. The molecule has 0 aliphatic carbocycles. The van der Waals surface area contributed by atoms with Crippen molar-refractivity contribution in [1.82, 2.24) is 14.7 Å². The highest BCUT2D eigenvalue weighted by atomic mass is 35.5. The molecule has 6 heteroatoms. The van der Waals surface area contributed by atoms with E-state index in [1.807, 2.05) is 18.2 Å². The van der Waals surface area contributed by atoms with Crippen LogP contribution in [0.4, 0.5) is 4.39 Å². The molecule has 1 fully saturated rings. The number of carbonyl (C=O) groups is 1. The van der Waals surface area contributed by atoms with Crippen molar-refractivity contribution in [3.05, 3.63) is 70.0 Å². The first-order valence-electron chi connectivity index (χ1n) is 9.12. The Morgan fingerprint density at radius 2 is 1.67 bits per heavy atom. The fraction of sp³-hybridized carbons (Fsp3) is 0.381. The van der Waals surface area contributed by atoms with Crippen molar-refractivity contribution >= 4 is 17.5 Å². The SMILES string of the molecule is CN(C)C(=O)c1cccc(CN2CCN(Cc3c(F)cccc3Cl)CC2)c1. The third-order valence-electron chi connectivity index (χ3n) is 4.89. The van der Waals surface area contributed by atoms with Gasteiger partial charge in [0.2, 0.25) is 0 Å². The number of rotatable bonds is 5. The van der Waals surface area contributed by atoms with Crippen molar-refractivity contribution in [1.29, 1.82) is 0 Å². The minimum Gasteiger partial charge on any atom is -0.345 e. The van der Waals surface area contributed by atoms with Crippen LogP contribution in [-0.2, 0) is 13.1 Å². The average Bonchev–Trinajstić information content (AvgIpc) is 2.66. The molecule has 0 radical (unpaired) electrons. The minimum atomic E-state index is -0.243. The molecule has 4 nitrogen and oxygen atoms in total. The van der Waals surface area contributed by atoms with Crippen LogP contribution in [0.1, 0.15) is 21.5 Å². The van der Waals surface area contributed by atoms with Gasteiger partial charge in [-0.05, 0) is 29.8 Å². The molecule has 1 saturated heterocycles. The van der Waals surface area contributed by atoms with E-state index in [0.717, 1.165) is 38.3 Å². The molecule has 1 aliphatic rings. The van der Waals surface area contributed by atoms with Gasteiger partial charge in [0.25, 0.3) is 5.91 Å². The van der Waals surface area contributed by atoms with Crippen LogP contribution in [0.3, 0.4) is 0 Å². The number of carbonyl (C=O) groups excluding carboxylic acids is 1. The normalized spacial score (nSPS) is 15.7. The van der Waals surface area contributed by atoms with Crippen LogP contribution in [0.5, 0.6) is 0 Å². The molecule has 0 atom stereocenters. The van der Waals surface area contributed by atoms with E-state index in [2.05, 4.69) is 15.9 Å². The fourth-order valence-corrected chi connectivity index (χ4v) is 3.55. The first-order valence-corrected chi connectivity index (χ1v) is 9.50. The number of nitrogens with zero attached hydrogens (tertiary/aromatic N) is 3. The van der Waals surface area contributed by atoms with Gasteiger partial charge in [0.05, 0.1) is 0 Å². The lowest BCUT2D eigenvalue weighted by Gasteiger charge is -2.35. The van der Waals surface area contributed by atoms with Crippen LogP contribution in [0.25, 0.3) is 0 Å². The smallest absolute Gasteiger partial charge is 0.253 e. The zero-order valence-corrected chi connectivity index (χ0v) is 16.5. The standard InChI is InChI=1S/C21H25ClFN3O/c1-24(2)21(27)17-6-3-5-16(13-17)14-25-9-11-26(12-10-25)15-18-19(22)7-4-8-20(18)23/h3-8,13H,9-12,14-15H2,1-2H3. The van der Waals surface area contributed by atoms with Crippen LogP contribution in [0.2, 0.25) is 5.02 Å². The van der Waals surface area contributed by atoms with Gasteiger partial charge in [-0.1, -0.05) is 29.8 Å². The molecule has 0 saturated carbocycles. The van der Waals surface area contributed by atoms with Crippen LogP contribution in [-0.4, -0.2) is 60.9 Å². The summed E-state index contributed by atoms with van der Waals surface area (Å²) in [4.78, 5) is 18.3. The molecule has 2 aromatic rings. The van der Waals surface area contributed by atoms with Gasteiger partial charge >= 0.3 is 0 Å². The molecule has 1 aliphatic heterocycles. The quantitative estimate of drug-likeness (QED) is 0.783. The summed E-state index contributed by atoms with van der Waals surface area (Å²) < 4.78 is 14.0. The number of hydrogen-bond acceptors (Lipinski definition) is 3. The summed E-state index contributed by atoms with van der Waals surface area (Å²) in [6, 6.07) is 12.6. The lowest BCUT2D eigenvalue weighted by molar-refractivity contribution is 0.0827. The Balaban J connectivity index is 1.56. The van der Waals surface area contributed by atoms with Crippen molar-refractivity contribution in [2.75, 3.05) is 40.3 Å². The monoisotopic (exact) mass is 389 g/mol. The summed E-state index contributed by atoms with van der Waals surface area (Å²) in [5.41, 5.74) is 2.42. The predicted molar refractivity (Wildman–Crippen MR) is 106 cm³/mol. The third-order valence-corrected chi connectivity index (χ3v) is 5.25. The van der Waals surface area contributed by atoms with Crippen LogP contribution < -0.4 is 0 Å². The van der Waals surface area contributed by atoms with E-state index < -0.39 is 0 Å². The molecule has 0 bridgehead atoms. The van der Waals surface area contributed by atoms with Crippen molar-refractivity contribution in [3.8, 4) is 0 Å². The summed E-state index contributed by atoms with van der Waals surface area (Å²) in [5.74, 6) is -0.226. The molecule has 144 valence electrons. The molecule has 0 aromatic heterocycles. The number of amides is 1. The van der Waals surface area contributed by atoms with Crippen LogP contribution >= 0.6 is 11.6 Å². The van der Waals surface area contributed by atoms with Crippen molar-refractivity contribution in [2.24, 2.45) is 0 Å². The average molecular weight is 390 g/mol. The second-order valence-electron chi connectivity index (χ2n) is 7.15. The lowest BCUT2D eigenvalue weighted by Crippen LogP contribution is -2.45. The zero-order valence-electron chi connectivity index (χ0n) is 15.8. The summed E-state index contributed by atoms with van der Waals surface area (Å²) in [5, 5.41) is 0.486. The summed E-state index contributed by atoms with van der Waals surface area (Å²) >= 11 is 6.14. The van der Waals surface area contributed by atoms with Gasteiger partial charge in [0, 0.05) is 69.5 Å². The van der Waals surface area contributed by atoms with E-state index in [4.69, 9.17) is 11.6 Å².